The van der Waals surface area contributed by atoms with Crippen LogP contribution in [0.3, 0.4) is 0 Å². The highest BCUT2D eigenvalue weighted by Crippen LogP contribution is 2.34. The lowest BCUT2D eigenvalue weighted by Crippen LogP contribution is -2.43. The highest BCUT2D eigenvalue weighted by molar-refractivity contribution is 5.56. The molecule has 0 amide bonds. The SMILES string of the molecule is CCCNC(C)c1c(F)cccc1N1CC2CCC(C1)O2. The molecule has 2 bridgehead atoms. The lowest BCUT2D eigenvalue weighted by molar-refractivity contribution is 0.0304. The van der Waals surface area contributed by atoms with Crippen molar-refractivity contribution in [3.63, 3.8) is 0 Å². The number of nitrogens with one attached hydrogen (secondary N) is 1. The standard InChI is InChI=1S/C17H25FN2O/c1-3-9-19-12(2)17-15(18)5-4-6-16(17)20-10-13-7-8-14(11-20)21-13/h4-6,12-14,19H,3,7-11H2,1-2H3. The van der Waals surface area contributed by atoms with E-state index in [2.05, 4.69) is 17.1 Å². The van der Waals surface area contributed by atoms with Gasteiger partial charge < -0.3 is 15.0 Å². The quantitative estimate of drug-likeness (QED) is 0.901. The van der Waals surface area contributed by atoms with Crippen molar-refractivity contribution in [3.05, 3.63) is 29.6 Å². The molecule has 0 saturated carbocycles. The molecule has 116 valence electrons. The molecule has 3 atom stereocenters. The number of fused-ring (bicyclic) bond motifs is 2. The third kappa shape index (κ3) is 3.06. The molecule has 0 aromatic heterocycles. The fourth-order valence-corrected chi connectivity index (χ4v) is 3.50. The van der Waals surface area contributed by atoms with Gasteiger partial charge in [0, 0.05) is 30.4 Å². The molecular formula is C17H25FN2O. The van der Waals surface area contributed by atoms with Gasteiger partial charge in [0.1, 0.15) is 5.82 Å². The molecule has 2 saturated heterocycles. The summed E-state index contributed by atoms with van der Waals surface area (Å²) in [5.41, 5.74) is 1.83. The zero-order valence-corrected chi connectivity index (χ0v) is 12.9. The summed E-state index contributed by atoms with van der Waals surface area (Å²) >= 11 is 0. The molecule has 1 aromatic rings. The lowest BCUT2D eigenvalue weighted by Gasteiger charge is -2.36. The second-order valence-corrected chi connectivity index (χ2v) is 6.21. The summed E-state index contributed by atoms with van der Waals surface area (Å²) < 4.78 is 20.3. The van der Waals surface area contributed by atoms with Crippen molar-refractivity contribution < 1.29 is 9.13 Å². The summed E-state index contributed by atoms with van der Waals surface area (Å²) in [7, 11) is 0. The number of rotatable bonds is 5. The molecule has 2 fully saturated rings. The number of hydrogen-bond acceptors (Lipinski definition) is 3. The van der Waals surface area contributed by atoms with Crippen molar-refractivity contribution in [2.75, 3.05) is 24.5 Å². The third-order valence-corrected chi connectivity index (χ3v) is 4.55. The van der Waals surface area contributed by atoms with Gasteiger partial charge >= 0.3 is 0 Å². The zero-order valence-electron chi connectivity index (χ0n) is 12.9. The Hall–Kier alpha value is -1.13. The molecule has 2 heterocycles. The van der Waals surface area contributed by atoms with Crippen molar-refractivity contribution in [1.82, 2.24) is 5.32 Å². The van der Waals surface area contributed by atoms with Crippen LogP contribution >= 0.6 is 0 Å². The lowest BCUT2D eigenvalue weighted by atomic mass is 10.0. The Balaban J connectivity index is 1.85. The van der Waals surface area contributed by atoms with Gasteiger partial charge in [-0.25, -0.2) is 4.39 Å². The smallest absolute Gasteiger partial charge is 0.130 e. The van der Waals surface area contributed by atoms with Crippen LogP contribution in [0.25, 0.3) is 0 Å². The van der Waals surface area contributed by atoms with Crippen LogP contribution in [0.4, 0.5) is 10.1 Å². The number of benzene rings is 1. The minimum atomic E-state index is -0.109. The van der Waals surface area contributed by atoms with Crippen molar-refractivity contribution >= 4 is 5.69 Å². The van der Waals surface area contributed by atoms with Crippen molar-refractivity contribution in [3.8, 4) is 0 Å². The molecule has 4 heteroatoms. The van der Waals surface area contributed by atoms with E-state index >= 15 is 0 Å². The number of hydrogen-bond donors (Lipinski definition) is 1. The first-order chi connectivity index (χ1) is 10.2. The van der Waals surface area contributed by atoms with Crippen LogP contribution in [0, 0.1) is 5.82 Å². The molecule has 1 N–H and O–H groups in total. The summed E-state index contributed by atoms with van der Waals surface area (Å²) in [4.78, 5) is 2.31. The maximum absolute atomic E-state index is 14.4. The van der Waals surface area contributed by atoms with Gasteiger partial charge in [-0.2, -0.15) is 0 Å². The first-order valence-corrected chi connectivity index (χ1v) is 8.11. The summed E-state index contributed by atoms with van der Waals surface area (Å²) in [6.45, 7) is 6.85. The Labute approximate surface area is 126 Å². The van der Waals surface area contributed by atoms with E-state index in [-0.39, 0.29) is 11.9 Å². The Morgan fingerprint density at radius 1 is 1.33 bits per heavy atom. The van der Waals surface area contributed by atoms with Crippen molar-refractivity contribution in [2.24, 2.45) is 0 Å². The van der Waals surface area contributed by atoms with E-state index in [1.165, 1.54) is 0 Å². The van der Waals surface area contributed by atoms with E-state index in [1.807, 2.05) is 19.1 Å². The topological polar surface area (TPSA) is 24.5 Å². The van der Waals surface area contributed by atoms with Crippen molar-refractivity contribution in [1.29, 1.82) is 0 Å². The van der Waals surface area contributed by atoms with E-state index in [1.54, 1.807) is 6.07 Å². The Kier molecular flexibility index (Phi) is 4.45. The first kappa shape index (κ1) is 14.8. The predicted octanol–water partition coefficient (Wildman–Crippen LogP) is 3.25. The van der Waals surface area contributed by atoms with Gasteiger partial charge in [-0.15, -0.1) is 0 Å². The highest BCUT2D eigenvalue weighted by Gasteiger charge is 2.35. The van der Waals surface area contributed by atoms with Gasteiger partial charge in [-0.3, -0.25) is 0 Å². The van der Waals surface area contributed by atoms with Gasteiger partial charge in [0.15, 0.2) is 0 Å². The van der Waals surface area contributed by atoms with E-state index in [0.29, 0.717) is 12.2 Å². The van der Waals surface area contributed by atoms with Crippen LogP contribution in [-0.2, 0) is 4.74 Å². The first-order valence-electron chi connectivity index (χ1n) is 8.11. The third-order valence-electron chi connectivity index (χ3n) is 4.55. The molecule has 2 aliphatic heterocycles. The molecule has 0 radical (unpaired) electrons. The Morgan fingerprint density at radius 3 is 2.71 bits per heavy atom. The largest absolute Gasteiger partial charge is 0.371 e. The molecule has 3 unspecified atom stereocenters. The Bertz CT molecular complexity index is 482. The zero-order chi connectivity index (χ0) is 14.8. The molecule has 1 aromatic carbocycles. The number of morpholine rings is 1. The molecule has 21 heavy (non-hydrogen) atoms. The number of anilines is 1. The number of nitrogens with zero attached hydrogens (tertiary/aromatic N) is 1. The van der Waals surface area contributed by atoms with Gasteiger partial charge in [-0.1, -0.05) is 13.0 Å². The minimum Gasteiger partial charge on any atom is -0.371 e. The average molecular weight is 292 g/mol. The maximum atomic E-state index is 14.4. The summed E-state index contributed by atoms with van der Waals surface area (Å²) in [5, 5.41) is 3.41. The fraction of sp³-hybridized carbons (Fsp3) is 0.647. The van der Waals surface area contributed by atoms with E-state index < -0.39 is 0 Å². The monoisotopic (exact) mass is 292 g/mol. The molecule has 0 aliphatic carbocycles. The molecule has 2 aliphatic rings. The van der Waals surface area contributed by atoms with Crippen LogP contribution in [0.2, 0.25) is 0 Å². The number of halogens is 1. The molecule has 3 rings (SSSR count). The van der Waals surface area contributed by atoms with Crippen LogP contribution in [0.15, 0.2) is 18.2 Å². The predicted molar refractivity (Wildman–Crippen MR) is 83.2 cm³/mol. The normalized spacial score (nSPS) is 26.1. The average Bonchev–Trinajstić information content (AvgIpc) is 2.83. The second-order valence-electron chi connectivity index (χ2n) is 6.21. The highest BCUT2D eigenvalue weighted by atomic mass is 19.1. The van der Waals surface area contributed by atoms with E-state index in [0.717, 1.165) is 50.1 Å². The van der Waals surface area contributed by atoms with Gasteiger partial charge in [-0.05, 0) is 44.9 Å². The fourth-order valence-electron chi connectivity index (χ4n) is 3.50. The maximum Gasteiger partial charge on any atom is 0.130 e. The summed E-state index contributed by atoms with van der Waals surface area (Å²) in [6.07, 6.45) is 3.96. The van der Waals surface area contributed by atoms with Crippen LogP contribution in [0.1, 0.15) is 44.7 Å². The van der Waals surface area contributed by atoms with E-state index in [9.17, 15) is 4.39 Å². The van der Waals surface area contributed by atoms with Crippen molar-refractivity contribution in [2.45, 2.75) is 51.4 Å². The minimum absolute atomic E-state index is 0.0293. The van der Waals surface area contributed by atoms with Gasteiger partial charge in [0.05, 0.1) is 12.2 Å². The van der Waals surface area contributed by atoms with E-state index in [4.69, 9.17) is 4.74 Å². The Morgan fingerprint density at radius 2 is 2.05 bits per heavy atom. The van der Waals surface area contributed by atoms with Crippen LogP contribution in [-0.4, -0.2) is 31.8 Å². The molecular weight excluding hydrogens is 267 g/mol. The molecule has 0 spiro atoms. The summed E-state index contributed by atoms with van der Waals surface area (Å²) in [5.74, 6) is -0.109. The van der Waals surface area contributed by atoms with Gasteiger partial charge in [0.25, 0.3) is 0 Å². The number of ether oxygens (including phenoxy) is 1. The second kappa shape index (κ2) is 6.32. The van der Waals surface area contributed by atoms with Crippen LogP contribution < -0.4 is 10.2 Å². The molecule has 3 nitrogen and oxygen atoms in total. The van der Waals surface area contributed by atoms with Crippen LogP contribution in [0.5, 0.6) is 0 Å². The van der Waals surface area contributed by atoms with Gasteiger partial charge in [0.2, 0.25) is 0 Å². The summed E-state index contributed by atoms with van der Waals surface area (Å²) in [6, 6.07) is 5.46.